The highest BCUT2D eigenvalue weighted by molar-refractivity contribution is 5.97. The minimum Gasteiger partial charge on any atom is -0.468 e. The van der Waals surface area contributed by atoms with E-state index in [1.807, 2.05) is 69.2 Å². The molecule has 2 amide bonds. The van der Waals surface area contributed by atoms with Gasteiger partial charge in [0.25, 0.3) is 5.91 Å². The summed E-state index contributed by atoms with van der Waals surface area (Å²) < 4.78 is 5.49. The van der Waals surface area contributed by atoms with Gasteiger partial charge < -0.3 is 15.1 Å². The Balaban J connectivity index is 2.04. The van der Waals surface area contributed by atoms with Gasteiger partial charge in [-0.2, -0.15) is 0 Å². The third-order valence-corrected chi connectivity index (χ3v) is 5.21. The lowest BCUT2D eigenvalue weighted by Gasteiger charge is -2.26. The van der Waals surface area contributed by atoms with E-state index >= 15 is 0 Å². The molecule has 1 heterocycles. The highest BCUT2D eigenvalue weighted by Gasteiger charge is 2.26. The zero-order valence-electron chi connectivity index (χ0n) is 19.2. The van der Waals surface area contributed by atoms with Crippen LogP contribution in [-0.4, -0.2) is 43.4 Å². The monoisotopic (exact) mass is 413 g/mol. The Labute approximate surface area is 180 Å². The second-order valence-corrected chi connectivity index (χ2v) is 9.26. The zero-order valence-corrected chi connectivity index (χ0v) is 19.2. The Morgan fingerprint density at radius 1 is 1.07 bits per heavy atom. The molecule has 30 heavy (non-hydrogen) atoms. The van der Waals surface area contributed by atoms with Crippen molar-refractivity contribution in [2.24, 2.45) is 5.92 Å². The van der Waals surface area contributed by atoms with Gasteiger partial charge in [-0.15, -0.1) is 0 Å². The van der Waals surface area contributed by atoms with Crippen molar-refractivity contribution in [3.63, 3.8) is 0 Å². The lowest BCUT2D eigenvalue weighted by molar-refractivity contribution is -0.124. The predicted octanol–water partition coefficient (Wildman–Crippen LogP) is 3.75. The van der Waals surface area contributed by atoms with Gasteiger partial charge in [-0.25, -0.2) is 0 Å². The standard InChI is InChI=1S/C24H35N3O3/c1-16(2)21(23(29)25-15-19(27(6)7)20-9-8-14-30-20)26-22(28)17-10-12-18(13-11-17)24(3,4)5/h8-14,16,19,21H,15H2,1-7H3,(H,25,29)(H,26,28). The fourth-order valence-corrected chi connectivity index (χ4v) is 3.21. The number of likely N-dealkylation sites (N-methyl/N-ethyl adjacent to an activating group) is 1. The number of nitrogens with zero attached hydrogens (tertiary/aromatic N) is 1. The number of carbonyl (C=O) groups is 2. The molecule has 2 aromatic rings. The van der Waals surface area contributed by atoms with Crippen molar-refractivity contribution in [1.29, 1.82) is 0 Å². The third-order valence-electron chi connectivity index (χ3n) is 5.21. The van der Waals surface area contributed by atoms with Gasteiger partial charge in [0.05, 0.1) is 12.3 Å². The minimum atomic E-state index is -0.626. The minimum absolute atomic E-state index is 0.0202. The first-order valence-corrected chi connectivity index (χ1v) is 10.4. The summed E-state index contributed by atoms with van der Waals surface area (Å²) in [4.78, 5) is 27.6. The molecule has 0 aliphatic rings. The van der Waals surface area contributed by atoms with Crippen LogP contribution in [0, 0.1) is 5.92 Å². The van der Waals surface area contributed by atoms with Crippen molar-refractivity contribution in [2.75, 3.05) is 20.6 Å². The number of carbonyl (C=O) groups excluding carboxylic acids is 2. The largest absolute Gasteiger partial charge is 0.468 e. The van der Waals surface area contributed by atoms with E-state index in [0.717, 1.165) is 11.3 Å². The highest BCUT2D eigenvalue weighted by atomic mass is 16.3. The molecule has 2 N–H and O–H groups in total. The lowest BCUT2D eigenvalue weighted by Crippen LogP contribution is -2.51. The summed E-state index contributed by atoms with van der Waals surface area (Å²) in [6.45, 7) is 10.6. The number of rotatable bonds is 8. The van der Waals surface area contributed by atoms with E-state index in [4.69, 9.17) is 4.42 Å². The smallest absolute Gasteiger partial charge is 0.251 e. The van der Waals surface area contributed by atoms with Crippen LogP contribution in [-0.2, 0) is 10.2 Å². The van der Waals surface area contributed by atoms with Gasteiger partial charge in [0.15, 0.2) is 0 Å². The molecule has 0 spiro atoms. The van der Waals surface area contributed by atoms with Crippen LogP contribution in [0.4, 0.5) is 0 Å². The number of hydrogen-bond donors (Lipinski definition) is 2. The van der Waals surface area contributed by atoms with Crippen LogP contribution >= 0.6 is 0 Å². The molecule has 0 saturated carbocycles. The van der Waals surface area contributed by atoms with Crippen molar-refractivity contribution in [3.05, 3.63) is 59.5 Å². The maximum atomic E-state index is 12.9. The molecule has 0 aliphatic heterocycles. The second-order valence-electron chi connectivity index (χ2n) is 9.26. The Kier molecular flexibility index (Phi) is 7.84. The first-order valence-electron chi connectivity index (χ1n) is 10.4. The summed E-state index contributed by atoms with van der Waals surface area (Å²) in [6, 6.07) is 10.6. The molecule has 0 saturated heterocycles. The van der Waals surface area contributed by atoms with Gasteiger partial charge >= 0.3 is 0 Å². The Morgan fingerprint density at radius 2 is 1.70 bits per heavy atom. The van der Waals surface area contributed by atoms with E-state index in [1.54, 1.807) is 6.26 Å². The molecule has 6 nitrogen and oxygen atoms in total. The fourth-order valence-electron chi connectivity index (χ4n) is 3.21. The van der Waals surface area contributed by atoms with Crippen LogP contribution in [0.25, 0.3) is 0 Å². The van der Waals surface area contributed by atoms with Gasteiger partial charge in [-0.1, -0.05) is 46.8 Å². The van der Waals surface area contributed by atoms with Gasteiger partial charge in [0.2, 0.25) is 5.91 Å². The molecule has 0 radical (unpaired) electrons. The Morgan fingerprint density at radius 3 is 2.17 bits per heavy atom. The molecule has 0 fully saturated rings. The van der Waals surface area contributed by atoms with Gasteiger partial charge in [0.1, 0.15) is 11.8 Å². The zero-order chi connectivity index (χ0) is 22.5. The van der Waals surface area contributed by atoms with Crippen LogP contribution in [0.1, 0.15) is 62.3 Å². The molecular formula is C24H35N3O3. The summed E-state index contributed by atoms with van der Waals surface area (Å²) in [5.74, 6) is 0.274. The Bertz CT molecular complexity index is 818. The third kappa shape index (κ3) is 6.20. The summed E-state index contributed by atoms with van der Waals surface area (Å²) in [5.41, 5.74) is 1.72. The average Bonchev–Trinajstić information content (AvgIpc) is 3.19. The maximum Gasteiger partial charge on any atom is 0.251 e. The first kappa shape index (κ1) is 23.7. The summed E-state index contributed by atoms with van der Waals surface area (Å²) >= 11 is 0. The number of hydrogen-bond acceptors (Lipinski definition) is 4. The van der Waals surface area contributed by atoms with Crippen molar-refractivity contribution in [2.45, 2.75) is 52.1 Å². The molecule has 0 bridgehead atoms. The van der Waals surface area contributed by atoms with E-state index < -0.39 is 6.04 Å². The van der Waals surface area contributed by atoms with E-state index in [0.29, 0.717) is 12.1 Å². The summed E-state index contributed by atoms with van der Waals surface area (Å²) in [7, 11) is 3.87. The van der Waals surface area contributed by atoms with Crippen LogP contribution < -0.4 is 10.6 Å². The maximum absolute atomic E-state index is 12.9. The molecular weight excluding hydrogens is 378 g/mol. The predicted molar refractivity (Wildman–Crippen MR) is 119 cm³/mol. The van der Waals surface area contributed by atoms with Crippen molar-refractivity contribution < 1.29 is 14.0 Å². The number of furan rings is 1. The summed E-state index contributed by atoms with van der Waals surface area (Å²) in [6.07, 6.45) is 1.62. The SMILES string of the molecule is CC(C)C(NC(=O)c1ccc(C(C)(C)C)cc1)C(=O)NCC(c1ccco1)N(C)C. The van der Waals surface area contributed by atoms with E-state index in [2.05, 4.69) is 31.4 Å². The van der Waals surface area contributed by atoms with Crippen LogP contribution in [0.15, 0.2) is 47.1 Å². The number of amides is 2. The molecule has 2 atom stereocenters. The molecule has 164 valence electrons. The van der Waals surface area contributed by atoms with E-state index in [1.165, 1.54) is 0 Å². The fraction of sp³-hybridized carbons (Fsp3) is 0.500. The van der Waals surface area contributed by atoms with E-state index in [-0.39, 0.29) is 29.2 Å². The topological polar surface area (TPSA) is 74.6 Å². The van der Waals surface area contributed by atoms with Gasteiger partial charge in [-0.05, 0) is 55.3 Å². The first-order chi connectivity index (χ1) is 14.0. The molecule has 1 aromatic heterocycles. The molecule has 1 aromatic carbocycles. The second kappa shape index (κ2) is 9.94. The quantitative estimate of drug-likeness (QED) is 0.691. The molecule has 0 aliphatic carbocycles. The molecule has 2 rings (SSSR count). The Hall–Kier alpha value is -2.60. The van der Waals surface area contributed by atoms with Crippen molar-refractivity contribution in [3.8, 4) is 0 Å². The van der Waals surface area contributed by atoms with Crippen LogP contribution in [0.5, 0.6) is 0 Å². The van der Waals surface area contributed by atoms with Gasteiger partial charge in [-0.3, -0.25) is 14.5 Å². The lowest BCUT2D eigenvalue weighted by atomic mass is 9.86. The van der Waals surface area contributed by atoms with Crippen LogP contribution in [0.2, 0.25) is 0 Å². The number of nitrogens with one attached hydrogen (secondary N) is 2. The van der Waals surface area contributed by atoms with Crippen molar-refractivity contribution >= 4 is 11.8 Å². The normalized spacial score (nSPS) is 13.9. The molecule has 6 heteroatoms. The van der Waals surface area contributed by atoms with Gasteiger partial charge in [0, 0.05) is 12.1 Å². The average molecular weight is 414 g/mol. The van der Waals surface area contributed by atoms with Crippen LogP contribution in [0.3, 0.4) is 0 Å². The number of benzene rings is 1. The van der Waals surface area contributed by atoms with E-state index in [9.17, 15) is 9.59 Å². The van der Waals surface area contributed by atoms with Crippen molar-refractivity contribution in [1.82, 2.24) is 15.5 Å². The summed E-state index contributed by atoms with van der Waals surface area (Å²) in [5, 5.41) is 5.85. The molecule has 2 unspecified atom stereocenters. The highest BCUT2D eigenvalue weighted by Crippen LogP contribution is 2.22.